The van der Waals surface area contributed by atoms with Crippen LogP contribution in [0, 0.1) is 5.92 Å². The molecule has 0 saturated heterocycles. The van der Waals surface area contributed by atoms with Gasteiger partial charge >= 0.3 is 0 Å². The monoisotopic (exact) mass is 334 g/mol. The molecular weight excluding hydrogens is 308 g/mol. The largest absolute Gasteiger partial charge is 0.354 e. The van der Waals surface area contributed by atoms with Crippen LogP contribution in [0.3, 0.4) is 0 Å². The van der Waals surface area contributed by atoms with E-state index in [1.807, 2.05) is 6.07 Å². The van der Waals surface area contributed by atoms with Gasteiger partial charge in [-0.3, -0.25) is 9.59 Å². The van der Waals surface area contributed by atoms with Crippen molar-refractivity contribution in [3.8, 4) is 0 Å². The Morgan fingerprint density at radius 2 is 2.04 bits per heavy atom. The van der Waals surface area contributed by atoms with Crippen LogP contribution in [-0.4, -0.2) is 23.9 Å². The molecule has 2 fully saturated rings. The number of aryl methyl sites for hydroxylation is 1. The van der Waals surface area contributed by atoms with Crippen molar-refractivity contribution in [3.63, 3.8) is 0 Å². The van der Waals surface area contributed by atoms with E-state index in [2.05, 4.69) is 22.1 Å². The topological polar surface area (TPSA) is 58.2 Å². The molecule has 2 amide bonds. The van der Waals surface area contributed by atoms with Crippen LogP contribution in [0.15, 0.2) is 17.5 Å². The predicted octanol–water partition coefficient (Wildman–Crippen LogP) is 3.03. The van der Waals surface area contributed by atoms with E-state index in [1.165, 1.54) is 17.7 Å². The standard InChI is InChI=1S/C18H26N2O2S/c21-16(7-3-5-15-6-4-12-23-15)20-18(10-1-2-11-18)17(22)19-13-14-8-9-14/h4,6,12,14H,1-3,5,7-11,13H2,(H,19,22)(H,20,21). The molecule has 2 aliphatic carbocycles. The second-order valence-corrected chi connectivity index (χ2v) is 7.96. The maximum absolute atomic E-state index is 12.6. The third-order valence-electron chi connectivity index (χ3n) is 4.93. The highest BCUT2D eigenvalue weighted by atomic mass is 32.1. The van der Waals surface area contributed by atoms with Gasteiger partial charge in [0.25, 0.3) is 0 Å². The Morgan fingerprint density at radius 1 is 1.26 bits per heavy atom. The molecule has 2 N–H and O–H groups in total. The number of nitrogens with one attached hydrogen (secondary N) is 2. The van der Waals surface area contributed by atoms with E-state index in [0.29, 0.717) is 12.3 Å². The highest BCUT2D eigenvalue weighted by Gasteiger charge is 2.42. The fourth-order valence-corrected chi connectivity index (χ4v) is 4.07. The van der Waals surface area contributed by atoms with Crippen molar-refractivity contribution in [3.05, 3.63) is 22.4 Å². The number of carbonyl (C=O) groups excluding carboxylic acids is 2. The molecule has 0 spiro atoms. The van der Waals surface area contributed by atoms with Crippen LogP contribution in [-0.2, 0) is 16.0 Å². The van der Waals surface area contributed by atoms with Crippen LogP contribution in [0.2, 0.25) is 0 Å². The average molecular weight is 334 g/mol. The van der Waals surface area contributed by atoms with Crippen molar-refractivity contribution < 1.29 is 9.59 Å². The molecule has 1 aromatic rings. The summed E-state index contributed by atoms with van der Waals surface area (Å²) in [6.07, 6.45) is 8.32. The van der Waals surface area contributed by atoms with E-state index in [-0.39, 0.29) is 11.8 Å². The summed E-state index contributed by atoms with van der Waals surface area (Å²) in [5.74, 6) is 0.720. The van der Waals surface area contributed by atoms with E-state index in [9.17, 15) is 9.59 Å². The SMILES string of the molecule is O=C(CCCc1cccs1)NC1(C(=O)NCC2CC2)CCCC1. The van der Waals surface area contributed by atoms with Crippen molar-refractivity contribution in [1.29, 1.82) is 0 Å². The number of rotatable bonds is 8. The molecule has 0 radical (unpaired) electrons. The second kappa shape index (κ2) is 7.47. The summed E-state index contributed by atoms with van der Waals surface area (Å²) < 4.78 is 0. The number of hydrogen-bond donors (Lipinski definition) is 2. The maximum atomic E-state index is 12.6. The molecule has 23 heavy (non-hydrogen) atoms. The van der Waals surface area contributed by atoms with Crippen molar-refractivity contribution in [1.82, 2.24) is 10.6 Å². The molecule has 3 rings (SSSR count). The minimum Gasteiger partial charge on any atom is -0.354 e. The van der Waals surface area contributed by atoms with Crippen molar-refractivity contribution in [2.24, 2.45) is 5.92 Å². The molecule has 4 nitrogen and oxygen atoms in total. The Labute approximate surface area is 142 Å². The molecule has 1 heterocycles. The van der Waals surface area contributed by atoms with Gasteiger partial charge in [0.1, 0.15) is 5.54 Å². The smallest absolute Gasteiger partial charge is 0.245 e. The van der Waals surface area contributed by atoms with Gasteiger partial charge in [-0.2, -0.15) is 0 Å². The average Bonchev–Trinajstić information content (AvgIpc) is 2.99. The minimum atomic E-state index is -0.644. The van der Waals surface area contributed by atoms with E-state index in [0.717, 1.165) is 45.1 Å². The summed E-state index contributed by atoms with van der Waals surface area (Å²) >= 11 is 1.73. The van der Waals surface area contributed by atoms with E-state index < -0.39 is 5.54 Å². The molecule has 2 saturated carbocycles. The zero-order valence-corrected chi connectivity index (χ0v) is 14.4. The third-order valence-corrected chi connectivity index (χ3v) is 5.86. The number of thiophene rings is 1. The van der Waals surface area contributed by atoms with Crippen LogP contribution in [0.4, 0.5) is 0 Å². The van der Waals surface area contributed by atoms with Gasteiger partial charge < -0.3 is 10.6 Å². The molecule has 0 atom stereocenters. The number of hydrogen-bond acceptors (Lipinski definition) is 3. The number of carbonyl (C=O) groups is 2. The predicted molar refractivity (Wildman–Crippen MR) is 92.3 cm³/mol. The first-order chi connectivity index (χ1) is 11.2. The summed E-state index contributed by atoms with van der Waals surface area (Å²) in [6.45, 7) is 0.773. The molecule has 0 aromatic carbocycles. The summed E-state index contributed by atoms with van der Waals surface area (Å²) in [7, 11) is 0. The first-order valence-corrected chi connectivity index (χ1v) is 9.68. The summed E-state index contributed by atoms with van der Waals surface area (Å²) in [4.78, 5) is 26.2. The van der Waals surface area contributed by atoms with Gasteiger partial charge in [-0.25, -0.2) is 0 Å². The summed E-state index contributed by atoms with van der Waals surface area (Å²) in [5, 5.41) is 8.19. The van der Waals surface area contributed by atoms with Gasteiger partial charge in [0.05, 0.1) is 0 Å². The van der Waals surface area contributed by atoms with Crippen LogP contribution >= 0.6 is 11.3 Å². The Balaban J connectivity index is 1.47. The highest BCUT2D eigenvalue weighted by Crippen LogP contribution is 2.31. The number of amides is 2. The highest BCUT2D eigenvalue weighted by molar-refractivity contribution is 7.09. The van der Waals surface area contributed by atoms with Crippen LogP contribution in [0.5, 0.6) is 0 Å². The summed E-state index contributed by atoms with van der Waals surface area (Å²) in [5.41, 5.74) is -0.644. The molecular formula is C18H26N2O2S. The molecule has 5 heteroatoms. The first-order valence-electron chi connectivity index (χ1n) is 8.80. The van der Waals surface area contributed by atoms with E-state index in [1.54, 1.807) is 11.3 Å². The first kappa shape index (κ1) is 16.5. The fraction of sp³-hybridized carbons (Fsp3) is 0.667. The lowest BCUT2D eigenvalue weighted by Gasteiger charge is -2.29. The molecule has 1 aromatic heterocycles. The van der Waals surface area contributed by atoms with Crippen molar-refractivity contribution in [2.45, 2.75) is 63.3 Å². The Hall–Kier alpha value is -1.36. The van der Waals surface area contributed by atoms with Gasteiger partial charge in [-0.05, 0) is 55.9 Å². The second-order valence-electron chi connectivity index (χ2n) is 6.92. The quantitative estimate of drug-likeness (QED) is 0.768. The lowest BCUT2D eigenvalue weighted by Crippen LogP contribution is -2.57. The zero-order valence-electron chi connectivity index (χ0n) is 13.6. The molecule has 0 aliphatic heterocycles. The Morgan fingerprint density at radius 3 is 2.70 bits per heavy atom. The lowest BCUT2D eigenvalue weighted by molar-refractivity contribution is -0.133. The third kappa shape index (κ3) is 4.56. The van der Waals surface area contributed by atoms with E-state index in [4.69, 9.17) is 0 Å². The van der Waals surface area contributed by atoms with Gasteiger partial charge in [-0.15, -0.1) is 11.3 Å². The lowest BCUT2D eigenvalue weighted by atomic mass is 9.95. The van der Waals surface area contributed by atoms with Gasteiger partial charge in [0.15, 0.2) is 0 Å². The van der Waals surface area contributed by atoms with Gasteiger partial charge in [-0.1, -0.05) is 18.9 Å². The van der Waals surface area contributed by atoms with Gasteiger partial charge in [0.2, 0.25) is 11.8 Å². The minimum absolute atomic E-state index is 0.0185. The molecule has 2 aliphatic rings. The Kier molecular flexibility index (Phi) is 5.36. The summed E-state index contributed by atoms with van der Waals surface area (Å²) in [6, 6.07) is 4.14. The van der Waals surface area contributed by atoms with E-state index >= 15 is 0 Å². The van der Waals surface area contributed by atoms with Crippen molar-refractivity contribution >= 4 is 23.2 Å². The zero-order chi connectivity index (χ0) is 16.1. The van der Waals surface area contributed by atoms with Gasteiger partial charge in [0, 0.05) is 17.8 Å². The van der Waals surface area contributed by atoms with Crippen LogP contribution in [0.1, 0.15) is 56.2 Å². The van der Waals surface area contributed by atoms with Crippen LogP contribution in [0.25, 0.3) is 0 Å². The molecule has 126 valence electrons. The normalized spacial score (nSPS) is 19.5. The fourth-order valence-electron chi connectivity index (χ4n) is 3.32. The maximum Gasteiger partial charge on any atom is 0.245 e. The molecule has 0 unspecified atom stereocenters. The van der Waals surface area contributed by atoms with Crippen LogP contribution < -0.4 is 10.6 Å². The Bertz CT molecular complexity index is 531. The molecule has 0 bridgehead atoms. The van der Waals surface area contributed by atoms with Crippen molar-refractivity contribution in [2.75, 3.05) is 6.54 Å².